The molecule has 0 bridgehead atoms. The zero-order valence-electron chi connectivity index (χ0n) is 14.6. The number of hydrogen-bond acceptors (Lipinski definition) is 4. The summed E-state index contributed by atoms with van der Waals surface area (Å²) in [5.41, 5.74) is 0. The fourth-order valence-corrected chi connectivity index (χ4v) is 4.13. The Balaban J connectivity index is 0.00000264. The summed E-state index contributed by atoms with van der Waals surface area (Å²) in [6.45, 7) is 9.87. The highest BCUT2D eigenvalue weighted by Crippen LogP contribution is 2.24. The number of thioether (sulfide) groups is 1. The maximum absolute atomic E-state index is 5.69. The predicted octanol–water partition coefficient (Wildman–Crippen LogP) is 2.45. The first-order valence-electron chi connectivity index (χ1n) is 8.47. The van der Waals surface area contributed by atoms with Crippen molar-refractivity contribution in [2.75, 3.05) is 52.3 Å². The lowest BCUT2D eigenvalue weighted by atomic mass is 10.1. The molecular formula is C16H32IN3O2S. The summed E-state index contributed by atoms with van der Waals surface area (Å²) in [5, 5.41) is 4.12. The van der Waals surface area contributed by atoms with E-state index < -0.39 is 0 Å². The first kappa shape index (κ1) is 21.3. The predicted molar refractivity (Wildman–Crippen MR) is 109 cm³/mol. The largest absolute Gasteiger partial charge is 0.377 e. The van der Waals surface area contributed by atoms with Gasteiger partial charge in [0.2, 0.25) is 0 Å². The van der Waals surface area contributed by atoms with Gasteiger partial charge in [0.15, 0.2) is 5.96 Å². The van der Waals surface area contributed by atoms with E-state index in [1.807, 2.05) is 7.05 Å². The summed E-state index contributed by atoms with van der Waals surface area (Å²) >= 11 is 2.09. The summed E-state index contributed by atoms with van der Waals surface area (Å²) in [5.74, 6) is 2.89. The van der Waals surface area contributed by atoms with Crippen molar-refractivity contribution in [2.24, 2.45) is 10.9 Å². The first-order valence-corrected chi connectivity index (χ1v) is 9.52. The zero-order chi connectivity index (χ0) is 15.8. The molecule has 2 rings (SSSR count). The molecule has 2 aliphatic heterocycles. The molecule has 0 amide bonds. The molecule has 2 heterocycles. The first-order chi connectivity index (χ1) is 10.7. The fraction of sp³-hybridized carbons (Fsp3) is 0.938. The lowest BCUT2D eigenvalue weighted by molar-refractivity contribution is 0.0190. The average Bonchev–Trinajstić information content (AvgIpc) is 3.04. The van der Waals surface area contributed by atoms with Crippen molar-refractivity contribution in [3.05, 3.63) is 0 Å². The highest BCUT2D eigenvalue weighted by Gasteiger charge is 2.24. The van der Waals surface area contributed by atoms with E-state index in [1.165, 1.54) is 12.2 Å². The number of rotatable bonds is 6. The van der Waals surface area contributed by atoms with E-state index in [1.54, 1.807) is 0 Å². The highest BCUT2D eigenvalue weighted by atomic mass is 127. The molecule has 2 unspecified atom stereocenters. The summed E-state index contributed by atoms with van der Waals surface area (Å²) < 4.78 is 11.2. The number of nitrogens with one attached hydrogen (secondary N) is 1. The molecule has 0 saturated carbocycles. The third-order valence-corrected chi connectivity index (χ3v) is 5.75. The molecule has 7 heteroatoms. The Bertz CT molecular complexity index is 352. The van der Waals surface area contributed by atoms with Crippen LogP contribution in [0.15, 0.2) is 4.99 Å². The molecule has 5 nitrogen and oxygen atoms in total. The van der Waals surface area contributed by atoms with Gasteiger partial charge in [-0.05, 0) is 18.8 Å². The topological polar surface area (TPSA) is 46.1 Å². The van der Waals surface area contributed by atoms with Gasteiger partial charge >= 0.3 is 0 Å². The number of hydrogen-bond donors (Lipinski definition) is 1. The summed E-state index contributed by atoms with van der Waals surface area (Å²) in [4.78, 5) is 6.80. The fourth-order valence-electron chi connectivity index (χ4n) is 2.83. The van der Waals surface area contributed by atoms with E-state index in [0.717, 1.165) is 45.2 Å². The van der Waals surface area contributed by atoms with E-state index in [2.05, 4.69) is 40.8 Å². The zero-order valence-corrected chi connectivity index (χ0v) is 17.8. The maximum Gasteiger partial charge on any atom is 0.193 e. The van der Waals surface area contributed by atoms with Crippen molar-refractivity contribution in [1.29, 1.82) is 0 Å². The molecule has 136 valence electrons. The van der Waals surface area contributed by atoms with Crippen LogP contribution in [0.2, 0.25) is 0 Å². The van der Waals surface area contributed by atoms with Crippen LogP contribution in [0, 0.1) is 5.92 Å². The van der Waals surface area contributed by atoms with E-state index >= 15 is 0 Å². The van der Waals surface area contributed by atoms with Crippen LogP contribution in [0.4, 0.5) is 0 Å². The number of guanidine groups is 1. The van der Waals surface area contributed by atoms with Crippen molar-refractivity contribution in [2.45, 2.75) is 38.0 Å². The van der Waals surface area contributed by atoms with E-state index in [-0.39, 0.29) is 24.0 Å². The van der Waals surface area contributed by atoms with Crippen LogP contribution in [0.5, 0.6) is 0 Å². The van der Waals surface area contributed by atoms with Crippen LogP contribution < -0.4 is 5.32 Å². The van der Waals surface area contributed by atoms with Gasteiger partial charge in [0, 0.05) is 44.3 Å². The second-order valence-corrected chi connectivity index (χ2v) is 7.63. The molecule has 2 fully saturated rings. The number of ether oxygens (including phenoxy) is 2. The van der Waals surface area contributed by atoms with Crippen LogP contribution in [-0.2, 0) is 9.47 Å². The third kappa shape index (κ3) is 7.36. The van der Waals surface area contributed by atoms with Crippen molar-refractivity contribution in [1.82, 2.24) is 10.2 Å². The Morgan fingerprint density at radius 3 is 2.96 bits per heavy atom. The van der Waals surface area contributed by atoms with E-state index in [4.69, 9.17) is 9.47 Å². The second-order valence-electron chi connectivity index (χ2n) is 6.28. The molecule has 0 aromatic heterocycles. The Morgan fingerprint density at radius 2 is 2.30 bits per heavy atom. The standard InChI is InChI=1S/C16H31N3O2S.HI/c1-13(2)15-11-19(7-10-22-15)16(17-3)18-6-9-20-12-14-5-4-8-21-14;/h13-15H,4-12H2,1-3H3,(H,17,18);1H. The molecule has 0 aromatic rings. The van der Waals surface area contributed by atoms with Gasteiger partial charge in [-0.3, -0.25) is 4.99 Å². The van der Waals surface area contributed by atoms with Gasteiger partial charge < -0.3 is 19.7 Å². The van der Waals surface area contributed by atoms with Crippen molar-refractivity contribution in [3.63, 3.8) is 0 Å². The number of aliphatic imine (C=N–C) groups is 1. The summed E-state index contributed by atoms with van der Waals surface area (Å²) in [7, 11) is 1.86. The molecule has 2 atom stereocenters. The number of nitrogens with zero attached hydrogens (tertiary/aromatic N) is 2. The average molecular weight is 457 g/mol. The maximum atomic E-state index is 5.69. The molecule has 2 aliphatic rings. The van der Waals surface area contributed by atoms with E-state index in [9.17, 15) is 0 Å². The molecular weight excluding hydrogens is 425 g/mol. The van der Waals surface area contributed by atoms with Crippen molar-refractivity contribution in [3.8, 4) is 0 Å². The Morgan fingerprint density at radius 1 is 1.48 bits per heavy atom. The van der Waals surface area contributed by atoms with Crippen LogP contribution in [0.3, 0.4) is 0 Å². The van der Waals surface area contributed by atoms with Gasteiger partial charge in [-0.2, -0.15) is 11.8 Å². The normalized spacial score (nSPS) is 25.6. The van der Waals surface area contributed by atoms with E-state index in [0.29, 0.717) is 23.9 Å². The second kappa shape index (κ2) is 11.8. The lowest BCUT2D eigenvalue weighted by Crippen LogP contribution is -2.49. The smallest absolute Gasteiger partial charge is 0.193 e. The number of halogens is 1. The lowest BCUT2D eigenvalue weighted by Gasteiger charge is -2.36. The van der Waals surface area contributed by atoms with Gasteiger partial charge in [0.1, 0.15) is 0 Å². The molecule has 0 radical (unpaired) electrons. The van der Waals surface area contributed by atoms with Crippen LogP contribution in [-0.4, -0.2) is 74.5 Å². The minimum Gasteiger partial charge on any atom is -0.377 e. The molecule has 1 N–H and O–H groups in total. The SMILES string of the molecule is CN=C(NCCOCC1CCCO1)N1CCSC(C(C)C)C1.I. The minimum atomic E-state index is 0. The molecule has 0 aliphatic carbocycles. The monoisotopic (exact) mass is 457 g/mol. The minimum absolute atomic E-state index is 0. The van der Waals surface area contributed by atoms with Gasteiger partial charge in [-0.25, -0.2) is 0 Å². The quantitative estimate of drug-likeness (QED) is 0.288. The Labute approximate surface area is 162 Å². The van der Waals surface area contributed by atoms with Gasteiger partial charge in [-0.1, -0.05) is 13.8 Å². The molecule has 23 heavy (non-hydrogen) atoms. The van der Waals surface area contributed by atoms with Gasteiger partial charge in [0.05, 0.1) is 19.3 Å². The van der Waals surface area contributed by atoms with Crippen LogP contribution >= 0.6 is 35.7 Å². The van der Waals surface area contributed by atoms with Crippen molar-refractivity contribution >= 4 is 41.7 Å². The summed E-state index contributed by atoms with van der Waals surface area (Å²) in [6.07, 6.45) is 2.62. The van der Waals surface area contributed by atoms with Crippen LogP contribution in [0.25, 0.3) is 0 Å². The van der Waals surface area contributed by atoms with Gasteiger partial charge in [-0.15, -0.1) is 24.0 Å². The Kier molecular flexibility index (Phi) is 10.9. The van der Waals surface area contributed by atoms with Gasteiger partial charge in [0.25, 0.3) is 0 Å². The Hall–Kier alpha value is 0.270. The van der Waals surface area contributed by atoms with Crippen LogP contribution in [0.1, 0.15) is 26.7 Å². The molecule has 0 aromatic carbocycles. The molecule has 2 saturated heterocycles. The van der Waals surface area contributed by atoms with Crippen molar-refractivity contribution < 1.29 is 9.47 Å². The third-order valence-electron chi connectivity index (χ3n) is 4.21. The highest BCUT2D eigenvalue weighted by molar-refractivity contribution is 14.0. The molecule has 0 spiro atoms. The summed E-state index contributed by atoms with van der Waals surface area (Å²) in [6, 6.07) is 0.